The lowest BCUT2D eigenvalue weighted by Crippen LogP contribution is -2.48. The van der Waals surface area contributed by atoms with E-state index >= 15 is 0 Å². The van der Waals surface area contributed by atoms with Gasteiger partial charge in [-0.25, -0.2) is 4.68 Å². The molecule has 2 heterocycles. The van der Waals surface area contributed by atoms with Crippen LogP contribution in [0.1, 0.15) is 24.3 Å². The first-order chi connectivity index (χ1) is 11.5. The third kappa shape index (κ3) is 5.40. The van der Waals surface area contributed by atoms with Crippen LogP contribution in [0.15, 0.2) is 16.9 Å². The molecule has 1 aliphatic rings. The van der Waals surface area contributed by atoms with Crippen molar-refractivity contribution >= 4 is 5.91 Å². The van der Waals surface area contributed by atoms with Crippen LogP contribution < -0.4 is 10.9 Å². The van der Waals surface area contributed by atoms with Crippen molar-refractivity contribution in [2.45, 2.75) is 32.6 Å². The van der Waals surface area contributed by atoms with Gasteiger partial charge in [0.05, 0.1) is 25.4 Å². The second-order valence-corrected chi connectivity index (χ2v) is 6.05. The Labute approximate surface area is 141 Å². The summed E-state index contributed by atoms with van der Waals surface area (Å²) in [7, 11) is 1.55. The van der Waals surface area contributed by atoms with Crippen LogP contribution in [0.25, 0.3) is 0 Å². The van der Waals surface area contributed by atoms with Crippen molar-refractivity contribution in [2.75, 3.05) is 39.9 Å². The molecule has 0 saturated carbocycles. The molecule has 0 unspecified atom stereocenters. The molecule has 1 aromatic rings. The summed E-state index contributed by atoms with van der Waals surface area (Å²) >= 11 is 0. The Kier molecular flexibility index (Phi) is 6.89. The average Bonchev–Trinajstić information content (AvgIpc) is 2.53. The lowest BCUT2D eigenvalue weighted by atomic mass is 10.2. The number of carbonyl (C=O) groups is 1. The minimum atomic E-state index is -0.282. The van der Waals surface area contributed by atoms with Gasteiger partial charge in [0, 0.05) is 39.4 Å². The number of nitrogens with zero attached hydrogens (tertiary/aromatic N) is 3. The largest absolute Gasteiger partial charge is 0.383 e. The van der Waals surface area contributed by atoms with Crippen LogP contribution in [0.2, 0.25) is 0 Å². The van der Waals surface area contributed by atoms with E-state index in [2.05, 4.69) is 29.2 Å². The molecule has 1 amide bonds. The van der Waals surface area contributed by atoms with Gasteiger partial charge >= 0.3 is 0 Å². The standard InChI is InChI=1S/C16H26N4O4/c1-12-10-19(11-13(2)24-12)7-6-17-16(22)14-4-5-15(21)20(18-14)8-9-23-3/h4-5,12-13H,6-11H2,1-3H3,(H,17,22)/t12-,13+. The maximum absolute atomic E-state index is 12.2. The van der Waals surface area contributed by atoms with Crippen molar-refractivity contribution < 1.29 is 14.3 Å². The van der Waals surface area contributed by atoms with Gasteiger partial charge in [-0.3, -0.25) is 14.5 Å². The Bertz CT molecular complexity index is 594. The van der Waals surface area contributed by atoms with Crippen molar-refractivity contribution in [2.24, 2.45) is 0 Å². The summed E-state index contributed by atoms with van der Waals surface area (Å²) in [5.74, 6) is -0.282. The molecule has 1 saturated heterocycles. The zero-order valence-corrected chi connectivity index (χ0v) is 14.5. The first-order valence-electron chi connectivity index (χ1n) is 8.22. The van der Waals surface area contributed by atoms with Gasteiger partial charge in [0.25, 0.3) is 11.5 Å². The van der Waals surface area contributed by atoms with E-state index in [4.69, 9.17) is 9.47 Å². The Morgan fingerprint density at radius 1 is 1.33 bits per heavy atom. The summed E-state index contributed by atoms with van der Waals surface area (Å²) in [4.78, 5) is 26.1. The number of nitrogens with one attached hydrogen (secondary N) is 1. The third-order valence-corrected chi connectivity index (χ3v) is 3.82. The van der Waals surface area contributed by atoms with E-state index < -0.39 is 0 Å². The molecule has 8 nitrogen and oxygen atoms in total. The molecule has 24 heavy (non-hydrogen) atoms. The molecule has 1 N–H and O–H groups in total. The highest BCUT2D eigenvalue weighted by molar-refractivity contribution is 5.91. The molecule has 0 radical (unpaired) electrons. The van der Waals surface area contributed by atoms with E-state index in [9.17, 15) is 9.59 Å². The molecular formula is C16H26N4O4. The smallest absolute Gasteiger partial charge is 0.271 e. The van der Waals surface area contributed by atoms with Gasteiger partial charge in [-0.15, -0.1) is 0 Å². The van der Waals surface area contributed by atoms with Crippen molar-refractivity contribution in [3.8, 4) is 0 Å². The summed E-state index contributed by atoms with van der Waals surface area (Å²) in [5.41, 5.74) is -0.0192. The van der Waals surface area contributed by atoms with Crippen LogP contribution in [0, 0.1) is 0 Å². The summed E-state index contributed by atoms with van der Waals surface area (Å²) in [6, 6.07) is 2.79. The van der Waals surface area contributed by atoms with Gasteiger partial charge in [0.15, 0.2) is 0 Å². The number of amides is 1. The number of hydrogen-bond donors (Lipinski definition) is 1. The normalized spacial score (nSPS) is 21.6. The molecule has 134 valence electrons. The summed E-state index contributed by atoms with van der Waals surface area (Å²) in [6.07, 6.45) is 0.408. The number of morpholine rings is 1. The van der Waals surface area contributed by atoms with Crippen LogP contribution >= 0.6 is 0 Å². The summed E-state index contributed by atoms with van der Waals surface area (Å²) in [5, 5.41) is 6.93. The monoisotopic (exact) mass is 338 g/mol. The van der Waals surface area contributed by atoms with Crippen molar-refractivity contribution in [3.05, 3.63) is 28.2 Å². The first-order valence-corrected chi connectivity index (χ1v) is 8.22. The maximum Gasteiger partial charge on any atom is 0.271 e. The highest BCUT2D eigenvalue weighted by Crippen LogP contribution is 2.09. The quantitative estimate of drug-likeness (QED) is 0.737. The van der Waals surface area contributed by atoms with E-state index in [1.54, 1.807) is 7.11 Å². The number of ether oxygens (including phenoxy) is 2. The molecular weight excluding hydrogens is 312 g/mol. The Morgan fingerprint density at radius 3 is 2.71 bits per heavy atom. The van der Waals surface area contributed by atoms with Crippen molar-refractivity contribution in [1.82, 2.24) is 20.0 Å². The van der Waals surface area contributed by atoms with Gasteiger partial charge < -0.3 is 14.8 Å². The van der Waals surface area contributed by atoms with Crippen LogP contribution in [0.5, 0.6) is 0 Å². The lowest BCUT2D eigenvalue weighted by molar-refractivity contribution is -0.0672. The minimum absolute atomic E-state index is 0.204. The molecule has 2 rings (SSSR count). The molecule has 1 fully saturated rings. The molecule has 0 aromatic carbocycles. The van der Waals surface area contributed by atoms with Crippen molar-refractivity contribution in [1.29, 1.82) is 0 Å². The fraction of sp³-hybridized carbons (Fsp3) is 0.688. The molecule has 0 spiro atoms. The second kappa shape index (κ2) is 8.91. The van der Waals surface area contributed by atoms with Gasteiger partial charge in [0.1, 0.15) is 5.69 Å². The molecule has 2 atom stereocenters. The first kappa shape index (κ1) is 18.6. The Morgan fingerprint density at radius 2 is 2.04 bits per heavy atom. The summed E-state index contributed by atoms with van der Waals surface area (Å²) in [6.45, 7) is 7.79. The molecule has 0 aliphatic carbocycles. The third-order valence-electron chi connectivity index (χ3n) is 3.82. The lowest BCUT2D eigenvalue weighted by Gasteiger charge is -2.35. The number of hydrogen-bond acceptors (Lipinski definition) is 6. The van der Waals surface area contributed by atoms with E-state index in [-0.39, 0.29) is 29.4 Å². The highest BCUT2D eigenvalue weighted by atomic mass is 16.5. The molecule has 8 heteroatoms. The zero-order valence-electron chi connectivity index (χ0n) is 14.5. The number of aromatic nitrogens is 2. The fourth-order valence-electron chi connectivity index (χ4n) is 2.79. The average molecular weight is 338 g/mol. The predicted octanol–water partition coefficient (Wildman–Crippen LogP) is -0.271. The number of carbonyl (C=O) groups excluding carboxylic acids is 1. The fourth-order valence-corrected chi connectivity index (χ4v) is 2.79. The minimum Gasteiger partial charge on any atom is -0.383 e. The highest BCUT2D eigenvalue weighted by Gasteiger charge is 2.21. The van der Waals surface area contributed by atoms with E-state index in [0.717, 1.165) is 19.6 Å². The molecule has 1 aliphatic heterocycles. The number of methoxy groups -OCH3 is 1. The van der Waals surface area contributed by atoms with Gasteiger partial charge in [-0.2, -0.15) is 5.10 Å². The SMILES string of the molecule is COCCn1nc(C(=O)NCCN2C[C@@H](C)O[C@@H](C)C2)ccc1=O. The van der Waals surface area contributed by atoms with Gasteiger partial charge in [-0.05, 0) is 19.9 Å². The van der Waals surface area contributed by atoms with E-state index in [0.29, 0.717) is 19.7 Å². The van der Waals surface area contributed by atoms with E-state index in [1.807, 2.05) is 0 Å². The number of rotatable bonds is 7. The van der Waals surface area contributed by atoms with Crippen LogP contribution in [0.4, 0.5) is 0 Å². The van der Waals surface area contributed by atoms with Crippen LogP contribution in [-0.2, 0) is 16.0 Å². The van der Waals surface area contributed by atoms with E-state index in [1.165, 1.54) is 16.8 Å². The zero-order chi connectivity index (χ0) is 17.5. The van der Waals surface area contributed by atoms with Crippen LogP contribution in [-0.4, -0.2) is 72.7 Å². The topological polar surface area (TPSA) is 85.7 Å². The Hall–Kier alpha value is -1.77. The Balaban J connectivity index is 1.85. The summed E-state index contributed by atoms with van der Waals surface area (Å²) < 4.78 is 11.9. The second-order valence-electron chi connectivity index (χ2n) is 6.05. The van der Waals surface area contributed by atoms with Crippen molar-refractivity contribution in [3.63, 3.8) is 0 Å². The van der Waals surface area contributed by atoms with Gasteiger partial charge in [-0.1, -0.05) is 0 Å². The molecule has 0 bridgehead atoms. The van der Waals surface area contributed by atoms with Crippen LogP contribution in [0.3, 0.4) is 0 Å². The maximum atomic E-state index is 12.2. The molecule has 1 aromatic heterocycles. The predicted molar refractivity (Wildman–Crippen MR) is 89.2 cm³/mol. The van der Waals surface area contributed by atoms with Gasteiger partial charge in [0.2, 0.25) is 0 Å².